The third-order valence-electron chi connectivity index (χ3n) is 2.05. The molecule has 2 rings (SSSR count). The fourth-order valence-electron chi connectivity index (χ4n) is 1.29. The molecule has 0 spiro atoms. The van der Waals surface area contributed by atoms with Crippen molar-refractivity contribution in [2.24, 2.45) is 0 Å². The van der Waals surface area contributed by atoms with Crippen molar-refractivity contribution in [1.29, 1.82) is 0 Å². The van der Waals surface area contributed by atoms with Gasteiger partial charge in [-0.2, -0.15) is 17.0 Å². The van der Waals surface area contributed by atoms with Crippen molar-refractivity contribution in [2.45, 2.75) is 18.6 Å². The second-order valence-electron chi connectivity index (χ2n) is 3.94. The van der Waals surface area contributed by atoms with E-state index in [4.69, 9.17) is 0 Å². The first-order valence-corrected chi connectivity index (χ1v) is 6.04. The first-order valence-electron chi connectivity index (χ1n) is 4.78. The van der Waals surface area contributed by atoms with E-state index in [-0.39, 0.29) is 0 Å². The van der Waals surface area contributed by atoms with Crippen LogP contribution in [0.15, 0.2) is 24.5 Å². The average molecular weight is 254 g/mol. The number of nitrogens with zero attached hydrogens (tertiary/aromatic N) is 2. The van der Waals surface area contributed by atoms with Crippen LogP contribution < -0.4 is 0 Å². The zero-order chi connectivity index (χ0) is 11.8. The lowest BCUT2D eigenvalue weighted by Gasteiger charge is -2.13. The van der Waals surface area contributed by atoms with Gasteiger partial charge in [-0.05, 0) is 26.0 Å². The molecule has 0 saturated carbocycles. The molecule has 5 heteroatoms. The van der Waals surface area contributed by atoms with Gasteiger partial charge in [0.25, 0.3) is 0 Å². The lowest BCUT2D eigenvalue weighted by atomic mass is 10.2. The summed E-state index contributed by atoms with van der Waals surface area (Å²) in [4.78, 5) is 8.45. The van der Waals surface area contributed by atoms with Crippen LogP contribution in [0.5, 0.6) is 0 Å². The molecule has 0 unspecified atom stereocenters. The van der Waals surface area contributed by atoms with E-state index in [9.17, 15) is 4.39 Å². The van der Waals surface area contributed by atoms with E-state index < -0.39 is 10.7 Å². The van der Waals surface area contributed by atoms with E-state index >= 15 is 0 Å². The second kappa shape index (κ2) is 4.14. The summed E-state index contributed by atoms with van der Waals surface area (Å²) in [5, 5.41) is 0.641. The highest BCUT2D eigenvalue weighted by molar-refractivity contribution is 7.81. The molecule has 2 aromatic rings. The van der Waals surface area contributed by atoms with Crippen LogP contribution in [0.3, 0.4) is 0 Å². The van der Waals surface area contributed by atoms with Crippen LogP contribution in [-0.2, 0) is 4.75 Å². The van der Waals surface area contributed by atoms with Gasteiger partial charge in [0.05, 0.1) is 4.88 Å². The van der Waals surface area contributed by atoms with Gasteiger partial charge in [-0.15, -0.1) is 11.3 Å². The number of thiol groups is 1. The highest BCUT2D eigenvalue weighted by Crippen LogP contribution is 2.37. The van der Waals surface area contributed by atoms with Crippen molar-refractivity contribution in [3.05, 3.63) is 35.4 Å². The van der Waals surface area contributed by atoms with Gasteiger partial charge in [-0.25, -0.2) is 4.98 Å². The molecular weight excluding hydrogens is 243 g/mol. The third kappa shape index (κ3) is 2.25. The minimum absolute atomic E-state index is 0.441. The molecule has 2 heterocycles. The molecule has 84 valence electrons. The normalized spacial score (nSPS) is 11.8. The summed E-state index contributed by atoms with van der Waals surface area (Å²) in [7, 11) is 0. The Bertz CT molecular complexity index is 488. The predicted molar refractivity (Wildman–Crippen MR) is 67.3 cm³/mol. The largest absolute Gasteiger partial charge is 0.264 e. The van der Waals surface area contributed by atoms with E-state index in [1.807, 2.05) is 19.9 Å². The number of hydrogen-bond acceptors (Lipinski definition) is 4. The van der Waals surface area contributed by atoms with Crippen LogP contribution in [0, 0.1) is 5.95 Å². The Morgan fingerprint density at radius 3 is 2.69 bits per heavy atom. The minimum atomic E-state index is -0.512. The quantitative estimate of drug-likeness (QED) is 0.830. The summed E-state index contributed by atoms with van der Waals surface area (Å²) in [6.07, 6.45) is 3.35. The molecule has 0 aromatic carbocycles. The Labute approximate surface area is 103 Å². The monoisotopic (exact) mass is 254 g/mol. The molecule has 2 aromatic heterocycles. The number of rotatable bonds is 2. The molecule has 0 aliphatic rings. The van der Waals surface area contributed by atoms with Gasteiger partial charge >= 0.3 is 0 Å². The van der Waals surface area contributed by atoms with Gasteiger partial charge in [-0.3, -0.25) is 4.98 Å². The zero-order valence-electron chi connectivity index (χ0n) is 8.94. The highest BCUT2D eigenvalue weighted by atomic mass is 32.1. The molecule has 0 bridgehead atoms. The summed E-state index contributed by atoms with van der Waals surface area (Å²) in [5.41, 5.74) is 0.829. The van der Waals surface area contributed by atoms with Crippen LogP contribution in [0.4, 0.5) is 4.39 Å². The Morgan fingerprint density at radius 1 is 1.44 bits per heavy atom. The van der Waals surface area contributed by atoms with E-state index in [2.05, 4.69) is 22.6 Å². The zero-order valence-corrected chi connectivity index (χ0v) is 10.6. The standard InChI is InChI=1S/C11H11FN2S2/c1-11(2,15)8-9(12)14-10(16-8)7-4-3-5-13-6-7/h3-6,15H,1-2H3. The maximum absolute atomic E-state index is 13.6. The molecule has 0 saturated heterocycles. The smallest absolute Gasteiger partial charge is 0.228 e. The minimum Gasteiger partial charge on any atom is -0.264 e. The van der Waals surface area contributed by atoms with Gasteiger partial charge in [0.1, 0.15) is 5.01 Å². The van der Waals surface area contributed by atoms with Crippen LogP contribution in [-0.4, -0.2) is 9.97 Å². The Balaban J connectivity index is 2.47. The number of thiazole rings is 1. The van der Waals surface area contributed by atoms with Gasteiger partial charge < -0.3 is 0 Å². The Hall–Kier alpha value is -0.940. The predicted octanol–water partition coefficient (Wildman–Crippen LogP) is 3.51. The highest BCUT2D eigenvalue weighted by Gasteiger charge is 2.24. The molecule has 0 radical (unpaired) electrons. The van der Waals surface area contributed by atoms with Gasteiger partial charge in [0.2, 0.25) is 5.95 Å². The lowest BCUT2D eigenvalue weighted by molar-refractivity contribution is 0.563. The SMILES string of the molecule is CC(C)(S)c1sc(-c2cccnc2)nc1F. The van der Waals surface area contributed by atoms with Crippen LogP contribution in [0.25, 0.3) is 10.6 Å². The van der Waals surface area contributed by atoms with Crippen molar-refractivity contribution in [2.75, 3.05) is 0 Å². The van der Waals surface area contributed by atoms with Crippen molar-refractivity contribution >= 4 is 24.0 Å². The molecule has 2 nitrogen and oxygen atoms in total. The van der Waals surface area contributed by atoms with E-state index in [0.29, 0.717) is 9.88 Å². The summed E-state index contributed by atoms with van der Waals surface area (Å²) in [5.74, 6) is -0.441. The van der Waals surface area contributed by atoms with Gasteiger partial charge in [-0.1, -0.05) is 0 Å². The van der Waals surface area contributed by atoms with Gasteiger partial charge in [0.15, 0.2) is 0 Å². The van der Waals surface area contributed by atoms with Crippen molar-refractivity contribution < 1.29 is 4.39 Å². The number of aromatic nitrogens is 2. The average Bonchev–Trinajstić information content (AvgIpc) is 2.61. The van der Waals surface area contributed by atoms with Crippen molar-refractivity contribution in [3.8, 4) is 10.6 Å². The van der Waals surface area contributed by atoms with Crippen LogP contribution >= 0.6 is 24.0 Å². The molecule has 0 amide bonds. The van der Waals surface area contributed by atoms with Crippen molar-refractivity contribution in [1.82, 2.24) is 9.97 Å². The van der Waals surface area contributed by atoms with E-state index in [0.717, 1.165) is 5.56 Å². The summed E-state index contributed by atoms with van der Waals surface area (Å²) < 4.78 is 13.1. The van der Waals surface area contributed by atoms with Crippen molar-refractivity contribution in [3.63, 3.8) is 0 Å². The fourth-order valence-corrected chi connectivity index (χ4v) is 2.46. The maximum atomic E-state index is 13.6. The molecule has 0 N–H and O–H groups in total. The van der Waals surface area contributed by atoms with Gasteiger partial charge in [0, 0.05) is 22.7 Å². The van der Waals surface area contributed by atoms with Crippen LogP contribution in [0.1, 0.15) is 18.7 Å². The number of halogens is 1. The molecule has 0 fully saturated rings. The topological polar surface area (TPSA) is 25.8 Å². The Kier molecular flexibility index (Phi) is 2.99. The fraction of sp³-hybridized carbons (Fsp3) is 0.273. The summed E-state index contributed by atoms with van der Waals surface area (Å²) in [6.45, 7) is 3.69. The molecular formula is C11H11FN2S2. The van der Waals surface area contributed by atoms with Crippen LogP contribution in [0.2, 0.25) is 0 Å². The molecule has 0 aliphatic heterocycles. The first kappa shape index (κ1) is 11.5. The summed E-state index contributed by atoms with van der Waals surface area (Å²) in [6, 6.07) is 3.67. The summed E-state index contributed by atoms with van der Waals surface area (Å²) >= 11 is 5.67. The van der Waals surface area contributed by atoms with E-state index in [1.165, 1.54) is 11.3 Å². The number of hydrogen-bond donors (Lipinski definition) is 1. The third-order valence-corrected chi connectivity index (χ3v) is 3.83. The lowest BCUT2D eigenvalue weighted by Crippen LogP contribution is -2.07. The molecule has 0 aliphatic carbocycles. The molecule has 0 atom stereocenters. The van der Waals surface area contributed by atoms with E-state index in [1.54, 1.807) is 18.5 Å². The Morgan fingerprint density at radius 2 is 2.19 bits per heavy atom. The number of pyridine rings is 1. The molecule has 16 heavy (non-hydrogen) atoms. The maximum Gasteiger partial charge on any atom is 0.228 e. The first-order chi connectivity index (χ1) is 7.48. The second-order valence-corrected chi connectivity index (χ2v) is 6.06.